The van der Waals surface area contributed by atoms with Crippen molar-refractivity contribution in [3.63, 3.8) is 0 Å². The molecule has 2 rings (SSSR count). The van der Waals surface area contributed by atoms with Crippen LogP contribution in [0.15, 0.2) is 29.0 Å². The number of hydrogen-bond acceptors (Lipinski definition) is 4. The maximum absolute atomic E-state index is 11.9. The molecule has 0 spiro atoms. The smallest absolute Gasteiger partial charge is 0.251 e. The van der Waals surface area contributed by atoms with Gasteiger partial charge in [-0.25, -0.2) is 0 Å². The van der Waals surface area contributed by atoms with Crippen LogP contribution in [0.25, 0.3) is 11.0 Å². The van der Waals surface area contributed by atoms with Gasteiger partial charge in [0, 0.05) is 51.8 Å². The third-order valence-corrected chi connectivity index (χ3v) is 3.85. The van der Waals surface area contributed by atoms with Gasteiger partial charge in [-0.1, -0.05) is 0 Å². The lowest BCUT2D eigenvalue weighted by Gasteiger charge is -2.06. The molecule has 1 heterocycles. The number of benzene rings is 1. The van der Waals surface area contributed by atoms with Crippen LogP contribution in [0, 0.1) is 0 Å². The van der Waals surface area contributed by atoms with E-state index in [1.165, 1.54) is 0 Å². The Morgan fingerprint density at radius 2 is 2.11 bits per heavy atom. The van der Waals surface area contributed by atoms with Gasteiger partial charge in [0.1, 0.15) is 5.52 Å². The highest BCUT2D eigenvalue weighted by atomic mass is 79.9. The van der Waals surface area contributed by atoms with Gasteiger partial charge in [0.25, 0.3) is 5.91 Å². The molecule has 7 heteroatoms. The first-order chi connectivity index (χ1) is 9.08. The van der Waals surface area contributed by atoms with Crippen molar-refractivity contribution in [3.8, 4) is 0 Å². The Labute approximate surface area is 121 Å². The number of fused-ring (bicyclic) bond motifs is 1. The zero-order valence-electron chi connectivity index (χ0n) is 10.2. The van der Waals surface area contributed by atoms with Crippen molar-refractivity contribution >= 4 is 43.7 Å². The molecule has 1 aromatic heterocycles. The fourth-order valence-corrected chi connectivity index (χ4v) is 2.52. The Hall–Kier alpha value is -1.34. The van der Waals surface area contributed by atoms with Gasteiger partial charge in [0.05, 0.1) is 5.52 Å². The molecule has 0 fully saturated rings. The van der Waals surface area contributed by atoms with Gasteiger partial charge in [0.2, 0.25) is 0 Å². The van der Waals surface area contributed by atoms with E-state index in [9.17, 15) is 9.00 Å². The van der Waals surface area contributed by atoms with Crippen LogP contribution in [0.4, 0.5) is 0 Å². The molecule has 0 bridgehead atoms. The minimum atomic E-state index is -0.911. The van der Waals surface area contributed by atoms with Gasteiger partial charge in [-0.05, 0) is 28.1 Å². The van der Waals surface area contributed by atoms with Crippen molar-refractivity contribution in [2.45, 2.75) is 0 Å². The molecule has 1 N–H and O–H groups in total. The van der Waals surface area contributed by atoms with Gasteiger partial charge in [-0.3, -0.25) is 19.0 Å². The first kappa shape index (κ1) is 14.1. The third-order valence-electron chi connectivity index (χ3n) is 2.46. The summed E-state index contributed by atoms with van der Waals surface area (Å²) in [5.41, 5.74) is 1.87. The van der Waals surface area contributed by atoms with Crippen molar-refractivity contribution in [2.75, 3.05) is 18.6 Å². The first-order valence-electron chi connectivity index (χ1n) is 5.56. The van der Waals surface area contributed by atoms with E-state index in [0.717, 1.165) is 4.47 Å². The fourth-order valence-electron chi connectivity index (χ4n) is 1.57. The molecule has 1 aromatic carbocycles. The number of amides is 1. The van der Waals surface area contributed by atoms with Gasteiger partial charge >= 0.3 is 0 Å². The molecular formula is C12H12BrN3O2S. The summed E-state index contributed by atoms with van der Waals surface area (Å²) in [5, 5.41) is 2.72. The lowest BCUT2D eigenvalue weighted by Crippen LogP contribution is -2.27. The zero-order chi connectivity index (χ0) is 13.8. The third kappa shape index (κ3) is 3.57. The molecule has 0 saturated heterocycles. The first-order valence-corrected chi connectivity index (χ1v) is 8.08. The SMILES string of the molecule is CS(=O)CCNC(=O)c1cc(Br)c2nccnc2c1. The molecule has 0 saturated carbocycles. The highest BCUT2D eigenvalue weighted by Crippen LogP contribution is 2.22. The van der Waals surface area contributed by atoms with E-state index in [1.54, 1.807) is 30.8 Å². The Bertz CT molecular complexity index is 648. The molecule has 1 atom stereocenters. The van der Waals surface area contributed by atoms with Gasteiger partial charge < -0.3 is 5.32 Å². The summed E-state index contributed by atoms with van der Waals surface area (Å²) in [6.45, 7) is 0.387. The summed E-state index contributed by atoms with van der Waals surface area (Å²) in [6, 6.07) is 3.39. The molecule has 0 aliphatic rings. The summed E-state index contributed by atoms with van der Waals surface area (Å²) in [4.78, 5) is 20.3. The lowest BCUT2D eigenvalue weighted by atomic mass is 10.2. The Morgan fingerprint density at radius 1 is 1.37 bits per heavy atom. The highest BCUT2D eigenvalue weighted by Gasteiger charge is 2.10. The zero-order valence-corrected chi connectivity index (χ0v) is 12.6. The van der Waals surface area contributed by atoms with E-state index >= 15 is 0 Å². The lowest BCUT2D eigenvalue weighted by molar-refractivity contribution is 0.0956. The van der Waals surface area contributed by atoms with Crippen LogP contribution >= 0.6 is 15.9 Å². The quantitative estimate of drug-likeness (QED) is 0.914. The fraction of sp³-hybridized carbons (Fsp3) is 0.250. The summed E-state index contributed by atoms with van der Waals surface area (Å²) >= 11 is 3.38. The number of carbonyl (C=O) groups is 1. The second kappa shape index (κ2) is 6.21. The van der Waals surface area contributed by atoms with Gasteiger partial charge in [-0.2, -0.15) is 0 Å². The monoisotopic (exact) mass is 341 g/mol. The molecule has 2 aromatic rings. The van der Waals surface area contributed by atoms with Crippen LogP contribution in [-0.4, -0.2) is 38.6 Å². The number of halogens is 1. The molecule has 19 heavy (non-hydrogen) atoms. The van der Waals surface area contributed by atoms with Crippen LogP contribution in [0.1, 0.15) is 10.4 Å². The summed E-state index contributed by atoms with van der Waals surface area (Å²) in [5.74, 6) is 0.235. The number of nitrogens with zero attached hydrogens (tertiary/aromatic N) is 2. The molecule has 5 nitrogen and oxygen atoms in total. The van der Waals surface area contributed by atoms with E-state index in [2.05, 4.69) is 31.2 Å². The maximum atomic E-state index is 11.9. The Kier molecular flexibility index (Phi) is 4.60. The van der Waals surface area contributed by atoms with Crippen LogP contribution in [0.2, 0.25) is 0 Å². The van der Waals surface area contributed by atoms with E-state index < -0.39 is 10.8 Å². The van der Waals surface area contributed by atoms with E-state index in [-0.39, 0.29) is 5.91 Å². The Balaban J connectivity index is 2.20. The topological polar surface area (TPSA) is 72.0 Å². The summed E-state index contributed by atoms with van der Waals surface area (Å²) in [6.07, 6.45) is 4.79. The van der Waals surface area contributed by atoms with E-state index in [4.69, 9.17) is 0 Å². The molecule has 1 amide bonds. The molecule has 1 unspecified atom stereocenters. The van der Waals surface area contributed by atoms with Gasteiger partial charge in [-0.15, -0.1) is 0 Å². The normalized spacial score (nSPS) is 12.3. The molecule has 0 radical (unpaired) electrons. The van der Waals surface area contributed by atoms with E-state index in [1.807, 2.05) is 0 Å². The minimum Gasteiger partial charge on any atom is -0.351 e. The van der Waals surface area contributed by atoms with Crippen molar-refractivity contribution in [1.29, 1.82) is 0 Å². The van der Waals surface area contributed by atoms with Crippen molar-refractivity contribution in [3.05, 3.63) is 34.6 Å². The van der Waals surface area contributed by atoms with Crippen molar-refractivity contribution < 1.29 is 9.00 Å². The second-order valence-corrected chi connectivity index (χ2v) is 6.32. The number of carbonyl (C=O) groups excluding carboxylic acids is 1. The number of hydrogen-bond donors (Lipinski definition) is 1. The number of aromatic nitrogens is 2. The summed E-state index contributed by atoms with van der Waals surface area (Å²) < 4.78 is 11.6. The minimum absolute atomic E-state index is 0.210. The second-order valence-electron chi connectivity index (χ2n) is 3.92. The average molecular weight is 342 g/mol. The number of rotatable bonds is 4. The van der Waals surface area contributed by atoms with Crippen LogP contribution in [0.5, 0.6) is 0 Å². The predicted octanol–water partition coefficient (Wildman–Crippen LogP) is 1.50. The molecule has 100 valence electrons. The molecular weight excluding hydrogens is 330 g/mol. The van der Waals surface area contributed by atoms with Crippen LogP contribution in [0.3, 0.4) is 0 Å². The van der Waals surface area contributed by atoms with Gasteiger partial charge in [0.15, 0.2) is 0 Å². The van der Waals surface area contributed by atoms with Crippen molar-refractivity contribution in [1.82, 2.24) is 15.3 Å². The molecule has 0 aliphatic heterocycles. The average Bonchev–Trinajstić information content (AvgIpc) is 2.38. The standard InChI is InChI=1S/C12H12BrN3O2S/c1-19(18)5-4-16-12(17)8-6-9(13)11-10(7-8)14-2-3-15-11/h2-3,6-7H,4-5H2,1H3,(H,16,17). The predicted molar refractivity (Wildman–Crippen MR) is 78.5 cm³/mol. The van der Waals surface area contributed by atoms with Crippen molar-refractivity contribution in [2.24, 2.45) is 0 Å². The largest absolute Gasteiger partial charge is 0.351 e. The maximum Gasteiger partial charge on any atom is 0.251 e. The Morgan fingerprint density at radius 3 is 2.84 bits per heavy atom. The number of nitrogens with one attached hydrogen (secondary N) is 1. The van der Waals surface area contributed by atoms with Crippen LogP contribution in [-0.2, 0) is 10.8 Å². The summed E-state index contributed by atoms with van der Waals surface area (Å²) in [7, 11) is -0.911. The highest BCUT2D eigenvalue weighted by molar-refractivity contribution is 9.10. The van der Waals surface area contributed by atoms with Crippen LogP contribution < -0.4 is 5.32 Å². The van der Waals surface area contributed by atoms with E-state index in [0.29, 0.717) is 28.9 Å². The molecule has 0 aliphatic carbocycles.